The lowest BCUT2D eigenvalue weighted by atomic mass is 9.88. The van der Waals surface area contributed by atoms with Crippen molar-refractivity contribution in [3.63, 3.8) is 0 Å². The summed E-state index contributed by atoms with van der Waals surface area (Å²) < 4.78 is 24.3. The number of nitrogens with one attached hydrogen (secondary N) is 1. The van der Waals surface area contributed by atoms with Gasteiger partial charge in [0.05, 0.1) is 7.11 Å². The minimum atomic E-state index is -0.638. The number of benzene rings is 2. The highest BCUT2D eigenvalue weighted by atomic mass is 19.1. The molecule has 3 N–H and O–H groups in total. The third kappa shape index (κ3) is 3.99. The fourth-order valence-electron chi connectivity index (χ4n) is 3.60. The highest BCUT2D eigenvalue weighted by molar-refractivity contribution is 5.90. The van der Waals surface area contributed by atoms with Crippen LogP contribution < -0.4 is 10.5 Å². The molecule has 148 valence electrons. The molecule has 2 aromatic carbocycles. The fourth-order valence-corrected chi connectivity index (χ4v) is 3.60. The van der Waals surface area contributed by atoms with Gasteiger partial charge in [-0.05, 0) is 47.7 Å². The van der Waals surface area contributed by atoms with Crippen LogP contribution in [0.4, 0.5) is 4.39 Å². The van der Waals surface area contributed by atoms with Gasteiger partial charge in [0.15, 0.2) is 5.69 Å². The van der Waals surface area contributed by atoms with Crippen LogP contribution in [0.1, 0.15) is 33.3 Å². The summed E-state index contributed by atoms with van der Waals surface area (Å²) in [5, 5.41) is 4.77. The molecule has 0 aliphatic carbocycles. The predicted octanol–water partition coefficient (Wildman–Crippen LogP) is 3.97. The largest absolute Gasteiger partial charge is 0.497 e. The third-order valence-electron chi connectivity index (χ3n) is 4.99. The molecule has 6 nitrogen and oxygen atoms in total. The van der Waals surface area contributed by atoms with Crippen molar-refractivity contribution in [2.75, 3.05) is 7.11 Å². The molecule has 1 amide bonds. The molecule has 2 aromatic heterocycles. The summed E-state index contributed by atoms with van der Waals surface area (Å²) in [6, 6.07) is 13.9. The van der Waals surface area contributed by atoms with E-state index in [-0.39, 0.29) is 17.4 Å². The maximum atomic E-state index is 13.7. The molecule has 1 unspecified atom stereocenters. The summed E-state index contributed by atoms with van der Waals surface area (Å²) in [4.78, 5) is 14.6. The summed E-state index contributed by atoms with van der Waals surface area (Å²) in [6.07, 6.45) is 3.01. The third-order valence-corrected chi connectivity index (χ3v) is 4.99. The van der Waals surface area contributed by atoms with Gasteiger partial charge in [-0.1, -0.05) is 17.3 Å². The summed E-state index contributed by atoms with van der Waals surface area (Å²) in [7, 11) is 1.62. The highest BCUT2D eigenvalue weighted by Crippen LogP contribution is 2.33. The second-order valence-electron chi connectivity index (χ2n) is 6.93. The number of carbonyl (C=O) groups is 1. The zero-order valence-corrected chi connectivity index (χ0v) is 15.8. The van der Waals surface area contributed by atoms with Crippen molar-refractivity contribution in [3.05, 3.63) is 83.1 Å². The van der Waals surface area contributed by atoms with Crippen LogP contribution in [-0.2, 0) is 12.8 Å². The number of nitrogens with two attached hydrogens (primary N) is 1. The average molecular weight is 393 g/mol. The standard InChI is InChI=1S/C22H20FN3O3/c1-28-16-5-6-18-19(12-25-20(18)10-16)14(7-13-3-2-4-15(23)8-13)9-17-11-21(22(24)27)26-29-17/h2-6,8,10-12,14,25H,7,9H2,1H3,(H2,24,27). The first-order valence-corrected chi connectivity index (χ1v) is 9.18. The average Bonchev–Trinajstić information content (AvgIpc) is 3.34. The number of carbonyl (C=O) groups excluding carboxylic acids is 1. The molecule has 2 heterocycles. The van der Waals surface area contributed by atoms with Crippen LogP contribution >= 0.6 is 0 Å². The number of H-pyrrole nitrogens is 1. The molecule has 1 atom stereocenters. The van der Waals surface area contributed by atoms with E-state index >= 15 is 0 Å². The Kier molecular flexibility index (Phi) is 5.03. The van der Waals surface area contributed by atoms with E-state index in [9.17, 15) is 9.18 Å². The molecule has 4 aromatic rings. The molecule has 0 radical (unpaired) electrons. The topological polar surface area (TPSA) is 94.1 Å². The minimum Gasteiger partial charge on any atom is -0.497 e. The zero-order chi connectivity index (χ0) is 20.4. The number of ether oxygens (including phenoxy) is 1. The number of rotatable bonds is 7. The van der Waals surface area contributed by atoms with E-state index < -0.39 is 5.91 Å². The smallest absolute Gasteiger partial charge is 0.270 e. The number of fused-ring (bicyclic) bond motifs is 1. The van der Waals surface area contributed by atoms with Gasteiger partial charge in [-0.15, -0.1) is 0 Å². The number of nitrogens with zero attached hydrogens (tertiary/aromatic N) is 1. The maximum Gasteiger partial charge on any atom is 0.270 e. The van der Waals surface area contributed by atoms with E-state index in [4.69, 9.17) is 15.0 Å². The molecule has 0 saturated carbocycles. The minimum absolute atomic E-state index is 0.0346. The summed E-state index contributed by atoms with van der Waals surface area (Å²) in [5.41, 5.74) is 8.24. The number of hydrogen-bond acceptors (Lipinski definition) is 4. The highest BCUT2D eigenvalue weighted by Gasteiger charge is 2.21. The number of primary amides is 1. The van der Waals surface area contributed by atoms with E-state index in [2.05, 4.69) is 10.1 Å². The zero-order valence-electron chi connectivity index (χ0n) is 15.8. The summed E-state index contributed by atoms with van der Waals surface area (Å²) >= 11 is 0. The Bertz CT molecular complexity index is 1170. The molecular formula is C22H20FN3O3. The molecule has 0 saturated heterocycles. The number of amides is 1. The first kappa shape index (κ1) is 18.7. The Balaban J connectivity index is 1.71. The number of halogens is 1. The lowest BCUT2D eigenvalue weighted by molar-refractivity contribution is 0.0991. The van der Waals surface area contributed by atoms with Gasteiger partial charge in [-0.25, -0.2) is 4.39 Å². The van der Waals surface area contributed by atoms with Gasteiger partial charge in [-0.3, -0.25) is 4.79 Å². The maximum absolute atomic E-state index is 13.7. The van der Waals surface area contributed by atoms with Gasteiger partial charge in [0, 0.05) is 35.7 Å². The fraction of sp³-hybridized carbons (Fsp3) is 0.182. The van der Waals surface area contributed by atoms with Crippen LogP contribution in [0.15, 0.2) is 59.3 Å². The molecule has 7 heteroatoms. The molecule has 29 heavy (non-hydrogen) atoms. The van der Waals surface area contributed by atoms with Crippen molar-refractivity contribution in [2.45, 2.75) is 18.8 Å². The summed E-state index contributed by atoms with van der Waals surface area (Å²) in [5.74, 6) is 0.353. The second kappa shape index (κ2) is 7.79. The van der Waals surface area contributed by atoms with Crippen molar-refractivity contribution >= 4 is 16.8 Å². The molecule has 0 aliphatic heterocycles. The lowest BCUT2D eigenvalue weighted by Gasteiger charge is -2.16. The number of hydrogen-bond donors (Lipinski definition) is 2. The van der Waals surface area contributed by atoms with E-state index in [1.54, 1.807) is 19.2 Å². The van der Waals surface area contributed by atoms with E-state index in [0.717, 1.165) is 27.8 Å². The summed E-state index contributed by atoms with van der Waals surface area (Å²) in [6.45, 7) is 0. The van der Waals surface area contributed by atoms with Gasteiger partial charge in [-0.2, -0.15) is 0 Å². The van der Waals surface area contributed by atoms with Crippen molar-refractivity contribution in [2.24, 2.45) is 5.73 Å². The number of aromatic nitrogens is 2. The first-order chi connectivity index (χ1) is 14.0. The second-order valence-corrected chi connectivity index (χ2v) is 6.93. The van der Waals surface area contributed by atoms with Gasteiger partial charge in [0.1, 0.15) is 17.3 Å². The Morgan fingerprint density at radius 2 is 2.10 bits per heavy atom. The molecule has 0 bridgehead atoms. The van der Waals surface area contributed by atoms with E-state index in [1.807, 2.05) is 30.5 Å². The lowest BCUT2D eigenvalue weighted by Crippen LogP contribution is -2.11. The van der Waals surface area contributed by atoms with E-state index in [0.29, 0.717) is 18.6 Å². The molecule has 4 rings (SSSR count). The Labute approximate surface area is 166 Å². The van der Waals surface area contributed by atoms with Gasteiger partial charge < -0.3 is 20.0 Å². The van der Waals surface area contributed by atoms with Gasteiger partial charge in [0.2, 0.25) is 0 Å². The van der Waals surface area contributed by atoms with Gasteiger partial charge >= 0.3 is 0 Å². The molecule has 0 aliphatic rings. The van der Waals surface area contributed by atoms with Gasteiger partial charge in [0.25, 0.3) is 5.91 Å². The van der Waals surface area contributed by atoms with Crippen LogP contribution in [-0.4, -0.2) is 23.2 Å². The molecule has 0 spiro atoms. The van der Waals surface area contributed by atoms with Crippen LogP contribution in [0.2, 0.25) is 0 Å². The number of aromatic amines is 1. The van der Waals surface area contributed by atoms with Crippen LogP contribution in [0, 0.1) is 5.82 Å². The van der Waals surface area contributed by atoms with Crippen molar-refractivity contribution in [1.29, 1.82) is 0 Å². The first-order valence-electron chi connectivity index (χ1n) is 9.18. The van der Waals surface area contributed by atoms with Crippen LogP contribution in [0.3, 0.4) is 0 Å². The molecule has 0 fully saturated rings. The quantitative estimate of drug-likeness (QED) is 0.497. The normalized spacial score (nSPS) is 12.2. The van der Waals surface area contributed by atoms with Crippen molar-refractivity contribution in [1.82, 2.24) is 10.1 Å². The molecular weight excluding hydrogens is 373 g/mol. The van der Waals surface area contributed by atoms with Crippen LogP contribution in [0.25, 0.3) is 10.9 Å². The van der Waals surface area contributed by atoms with Crippen molar-refractivity contribution in [3.8, 4) is 5.75 Å². The Hall–Kier alpha value is -3.61. The number of methoxy groups -OCH3 is 1. The Morgan fingerprint density at radius 3 is 2.83 bits per heavy atom. The van der Waals surface area contributed by atoms with E-state index in [1.165, 1.54) is 12.1 Å². The monoisotopic (exact) mass is 393 g/mol. The van der Waals surface area contributed by atoms with Crippen molar-refractivity contribution < 1.29 is 18.4 Å². The Morgan fingerprint density at radius 1 is 1.24 bits per heavy atom. The predicted molar refractivity (Wildman–Crippen MR) is 106 cm³/mol. The SMILES string of the molecule is COc1ccc2c(C(Cc3cccc(F)c3)Cc3cc(C(N)=O)no3)c[nH]c2c1. The van der Waals surface area contributed by atoms with Crippen LogP contribution in [0.5, 0.6) is 5.75 Å².